The van der Waals surface area contributed by atoms with Crippen LogP contribution in [-0.4, -0.2) is 18.9 Å². The van der Waals surface area contributed by atoms with E-state index in [9.17, 15) is 9.59 Å². The van der Waals surface area contributed by atoms with Gasteiger partial charge in [-0.3, -0.25) is 9.59 Å². The molecule has 5 nitrogen and oxygen atoms in total. The average molecular weight is 243 g/mol. The molecule has 0 aromatic heterocycles. The van der Waals surface area contributed by atoms with Crippen molar-refractivity contribution in [3.8, 4) is 6.07 Å². The van der Waals surface area contributed by atoms with Gasteiger partial charge in [0.05, 0.1) is 12.5 Å². The van der Waals surface area contributed by atoms with Crippen LogP contribution in [0.15, 0.2) is 18.2 Å². The monoisotopic (exact) mass is 243 g/mol. The lowest BCUT2D eigenvalue weighted by molar-refractivity contribution is -0.120. The maximum Gasteiger partial charge on any atom is 0.234 e. The van der Waals surface area contributed by atoms with Gasteiger partial charge in [-0.15, -0.1) is 0 Å². The van der Waals surface area contributed by atoms with Gasteiger partial charge in [0.15, 0.2) is 0 Å². The van der Waals surface area contributed by atoms with Crippen molar-refractivity contribution >= 4 is 17.5 Å². The Labute approximate surface area is 105 Å². The summed E-state index contributed by atoms with van der Waals surface area (Å²) in [5, 5.41) is 11.0. The Morgan fingerprint density at radius 2 is 2.33 bits per heavy atom. The number of likely N-dealkylation sites (N-methyl/N-ethyl adjacent to an activating group) is 1. The van der Waals surface area contributed by atoms with Crippen molar-refractivity contribution in [1.29, 1.82) is 5.26 Å². The lowest BCUT2D eigenvalue weighted by Gasteiger charge is -2.10. The molecule has 1 aromatic rings. The first kappa shape index (κ1) is 12.1. The molecule has 1 heterocycles. The van der Waals surface area contributed by atoms with Crippen LogP contribution in [-0.2, 0) is 22.6 Å². The summed E-state index contributed by atoms with van der Waals surface area (Å²) in [5.41, 5.74) is 2.84. The summed E-state index contributed by atoms with van der Waals surface area (Å²) in [5.74, 6) is -0.207. The zero-order valence-electron chi connectivity index (χ0n) is 10.1. The van der Waals surface area contributed by atoms with Crippen LogP contribution < -0.4 is 10.2 Å². The number of anilines is 1. The normalized spacial score (nSPS) is 13.1. The topological polar surface area (TPSA) is 73.2 Å². The van der Waals surface area contributed by atoms with Gasteiger partial charge in [-0.2, -0.15) is 5.26 Å². The second-order valence-corrected chi connectivity index (χ2v) is 4.20. The van der Waals surface area contributed by atoms with Crippen LogP contribution in [0.1, 0.15) is 17.5 Å². The van der Waals surface area contributed by atoms with Crippen LogP contribution in [0.25, 0.3) is 0 Å². The first-order valence-corrected chi connectivity index (χ1v) is 5.64. The molecule has 1 aliphatic rings. The molecule has 18 heavy (non-hydrogen) atoms. The minimum atomic E-state index is -0.286. The number of hydrogen-bond donors (Lipinski definition) is 1. The Hall–Kier alpha value is -2.35. The Kier molecular flexibility index (Phi) is 3.28. The first-order chi connectivity index (χ1) is 8.61. The van der Waals surface area contributed by atoms with Gasteiger partial charge in [0.1, 0.15) is 6.42 Å². The van der Waals surface area contributed by atoms with E-state index in [4.69, 9.17) is 5.26 Å². The molecule has 0 saturated heterocycles. The van der Waals surface area contributed by atoms with Crippen LogP contribution in [0, 0.1) is 11.3 Å². The van der Waals surface area contributed by atoms with Gasteiger partial charge in [-0.1, -0.05) is 12.1 Å². The van der Waals surface area contributed by atoms with E-state index in [0.29, 0.717) is 13.0 Å². The average Bonchev–Trinajstić information content (AvgIpc) is 2.63. The molecule has 1 N–H and O–H groups in total. The van der Waals surface area contributed by atoms with Gasteiger partial charge < -0.3 is 10.2 Å². The van der Waals surface area contributed by atoms with Crippen LogP contribution in [0.2, 0.25) is 0 Å². The second kappa shape index (κ2) is 4.88. The Balaban J connectivity index is 2.05. The number of benzene rings is 1. The van der Waals surface area contributed by atoms with Crippen molar-refractivity contribution in [2.45, 2.75) is 19.4 Å². The molecule has 0 radical (unpaired) electrons. The lowest BCUT2D eigenvalue weighted by atomic mass is 10.1. The molecule has 2 rings (SSSR count). The third kappa shape index (κ3) is 2.33. The highest BCUT2D eigenvalue weighted by Crippen LogP contribution is 2.28. The largest absolute Gasteiger partial charge is 0.351 e. The Bertz CT molecular complexity index is 546. The molecule has 5 heteroatoms. The van der Waals surface area contributed by atoms with E-state index in [2.05, 4.69) is 5.32 Å². The highest BCUT2D eigenvalue weighted by Gasteiger charge is 2.23. The van der Waals surface area contributed by atoms with Crippen molar-refractivity contribution in [3.05, 3.63) is 29.3 Å². The number of carbonyl (C=O) groups excluding carboxylic acids is 2. The van der Waals surface area contributed by atoms with Crippen LogP contribution in [0.3, 0.4) is 0 Å². The fourth-order valence-electron chi connectivity index (χ4n) is 1.97. The first-order valence-electron chi connectivity index (χ1n) is 5.64. The number of fused-ring (bicyclic) bond motifs is 1. The number of hydrogen-bond acceptors (Lipinski definition) is 3. The molecule has 0 bridgehead atoms. The SMILES string of the molecule is CN1C(=O)Cc2cc(CNC(=O)CC#N)ccc21. The Morgan fingerprint density at radius 3 is 3.06 bits per heavy atom. The standard InChI is InChI=1S/C13H13N3O2/c1-16-11-3-2-9(6-10(11)7-13(16)18)8-15-12(17)4-5-14/h2-3,6H,4,7-8H2,1H3,(H,15,17). The third-order valence-corrected chi connectivity index (χ3v) is 2.95. The molecule has 0 saturated carbocycles. The number of nitrogens with zero attached hydrogens (tertiary/aromatic N) is 2. The summed E-state index contributed by atoms with van der Waals surface area (Å²) < 4.78 is 0. The fraction of sp³-hybridized carbons (Fsp3) is 0.308. The molecular formula is C13H13N3O2. The van der Waals surface area contributed by atoms with Gasteiger partial charge >= 0.3 is 0 Å². The molecule has 0 atom stereocenters. The van der Waals surface area contributed by atoms with Crippen molar-refractivity contribution in [1.82, 2.24) is 5.32 Å². The molecule has 1 aliphatic heterocycles. The van der Waals surface area contributed by atoms with E-state index < -0.39 is 0 Å². The summed E-state index contributed by atoms with van der Waals surface area (Å²) >= 11 is 0. The molecule has 1 aromatic carbocycles. The van der Waals surface area contributed by atoms with Crippen molar-refractivity contribution in [2.75, 3.05) is 11.9 Å². The third-order valence-electron chi connectivity index (χ3n) is 2.95. The summed E-state index contributed by atoms with van der Waals surface area (Å²) in [6.45, 7) is 0.381. The number of nitriles is 1. The maximum absolute atomic E-state index is 11.5. The molecule has 2 amide bonds. The molecule has 0 fully saturated rings. The maximum atomic E-state index is 11.5. The summed E-state index contributed by atoms with van der Waals surface area (Å²) in [6.07, 6.45) is 0.276. The van der Waals surface area contributed by atoms with E-state index >= 15 is 0 Å². The van der Waals surface area contributed by atoms with Crippen molar-refractivity contribution in [2.24, 2.45) is 0 Å². The minimum Gasteiger partial charge on any atom is -0.351 e. The zero-order valence-corrected chi connectivity index (χ0v) is 10.1. The predicted octanol–water partition coefficient (Wildman–Crippen LogP) is 0.735. The summed E-state index contributed by atoms with van der Waals surface area (Å²) in [4.78, 5) is 24.3. The van der Waals surface area contributed by atoms with Gasteiger partial charge in [0.2, 0.25) is 11.8 Å². The summed E-state index contributed by atoms with van der Waals surface area (Å²) in [7, 11) is 1.75. The van der Waals surface area contributed by atoms with E-state index in [0.717, 1.165) is 16.8 Å². The van der Waals surface area contributed by atoms with Gasteiger partial charge in [0.25, 0.3) is 0 Å². The quantitative estimate of drug-likeness (QED) is 0.850. The van der Waals surface area contributed by atoms with Gasteiger partial charge in [0, 0.05) is 19.3 Å². The zero-order chi connectivity index (χ0) is 13.1. The van der Waals surface area contributed by atoms with Gasteiger partial charge in [-0.05, 0) is 17.2 Å². The smallest absolute Gasteiger partial charge is 0.234 e. The molecule has 92 valence electrons. The number of amides is 2. The van der Waals surface area contributed by atoms with E-state index in [1.807, 2.05) is 18.2 Å². The van der Waals surface area contributed by atoms with Crippen molar-refractivity contribution < 1.29 is 9.59 Å². The van der Waals surface area contributed by atoms with Crippen LogP contribution in [0.5, 0.6) is 0 Å². The molecular weight excluding hydrogens is 230 g/mol. The van der Waals surface area contributed by atoms with Crippen molar-refractivity contribution in [3.63, 3.8) is 0 Å². The number of nitrogens with one attached hydrogen (secondary N) is 1. The molecule has 0 unspecified atom stereocenters. The Morgan fingerprint density at radius 1 is 1.56 bits per heavy atom. The van der Waals surface area contributed by atoms with E-state index in [1.54, 1.807) is 18.0 Å². The van der Waals surface area contributed by atoms with Crippen LogP contribution >= 0.6 is 0 Å². The van der Waals surface area contributed by atoms with E-state index in [1.165, 1.54) is 0 Å². The lowest BCUT2D eigenvalue weighted by Crippen LogP contribution is -2.22. The molecule has 0 aliphatic carbocycles. The summed E-state index contributed by atoms with van der Waals surface area (Å²) in [6, 6.07) is 7.47. The highest BCUT2D eigenvalue weighted by atomic mass is 16.2. The van der Waals surface area contributed by atoms with Crippen LogP contribution in [0.4, 0.5) is 5.69 Å². The van der Waals surface area contributed by atoms with Gasteiger partial charge in [-0.25, -0.2) is 0 Å². The highest BCUT2D eigenvalue weighted by molar-refractivity contribution is 6.00. The molecule has 0 spiro atoms. The predicted molar refractivity (Wildman–Crippen MR) is 65.6 cm³/mol. The minimum absolute atomic E-state index is 0.0793. The van der Waals surface area contributed by atoms with E-state index in [-0.39, 0.29) is 18.2 Å². The number of carbonyl (C=O) groups is 2. The second-order valence-electron chi connectivity index (χ2n) is 4.20. The fourth-order valence-corrected chi connectivity index (χ4v) is 1.97. The number of rotatable bonds is 3.